The molecule has 7 heavy (non-hydrogen) atoms. The maximum absolute atomic E-state index is 5.03. The van der Waals surface area contributed by atoms with E-state index >= 15 is 0 Å². The Kier molecular flexibility index (Phi) is 7.58. The van der Waals surface area contributed by atoms with E-state index in [1.165, 1.54) is 0 Å². The van der Waals surface area contributed by atoms with E-state index < -0.39 is 24.1 Å². The first-order chi connectivity index (χ1) is 3.41. The Hall–Kier alpha value is 0.803. The van der Waals surface area contributed by atoms with Crippen LogP contribution in [0.5, 0.6) is 0 Å². The van der Waals surface area contributed by atoms with E-state index in [-0.39, 0.29) is 0 Å². The molecule has 0 unspecified atom stereocenters. The van der Waals surface area contributed by atoms with Gasteiger partial charge in [0.05, 0.1) is 0 Å². The second kappa shape index (κ2) is 6.80. The predicted octanol–water partition coefficient (Wildman–Crippen LogP) is 0.594. The van der Waals surface area contributed by atoms with E-state index in [1.807, 2.05) is 13.8 Å². The summed E-state index contributed by atoms with van der Waals surface area (Å²) < 4.78 is 10.1. The van der Waals surface area contributed by atoms with Crippen LogP contribution in [0.1, 0.15) is 13.8 Å². The fraction of sp³-hybridized carbons (Fsp3) is 1.00. The summed E-state index contributed by atoms with van der Waals surface area (Å²) in [6.07, 6.45) is 0. The molecule has 0 atom stereocenters. The van der Waals surface area contributed by atoms with Crippen LogP contribution in [0.4, 0.5) is 0 Å². The van der Waals surface area contributed by atoms with Gasteiger partial charge >= 0.3 is 56.8 Å². The zero-order valence-corrected chi connectivity index (χ0v) is 8.15. The van der Waals surface area contributed by atoms with Crippen LogP contribution in [0, 0.1) is 0 Å². The van der Waals surface area contributed by atoms with Gasteiger partial charge in [-0.1, -0.05) is 0 Å². The molecule has 0 saturated carbocycles. The van der Waals surface area contributed by atoms with Crippen molar-refractivity contribution in [2.75, 3.05) is 13.2 Å². The summed E-state index contributed by atoms with van der Waals surface area (Å²) in [6, 6.07) is 0. The molecule has 0 aliphatic carbocycles. The van der Waals surface area contributed by atoms with E-state index in [9.17, 15) is 0 Å². The fourth-order valence-electron chi connectivity index (χ4n) is 0.143. The van der Waals surface area contributed by atoms with Gasteiger partial charge in [0.15, 0.2) is 0 Å². The standard InChI is InChI=1S/2C2H5O.Bi/c2*1-2-3;/h2*2H2,1H3;/q2*-1;+2. The van der Waals surface area contributed by atoms with Crippen molar-refractivity contribution in [3.05, 3.63) is 0 Å². The molecule has 0 aromatic carbocycles. The van der Waals surface area contributed by atoms with E-state index in [1.54, 1.807) is 0 Å². The number of rotatable bonds is 4. The molecule has 0 heterocycles. The van der Waals surface area contributed by atoms with Crippen molar-refractivity contribution in [2.24, 2.45) is 0 Å². The van der Waals surface area contributed by atoms with Gasteiger partial charge in [0, 0.05) is 0 Å². The zero-order chi connectivity index (χ0) is 5.54. The SMILES string of the molecule is CC[O][Bi][O]CC. The van der Waals surface area contributed by atoms with Crippen LogP contribution in [0.15, 0.2) is 0 Å². The molecule has 0 N–H and O–H groups in total. The Bertz CT molecular complexity index is 28.9. The summed E-state index contributed by atoms with van der Waals surface area (Å²) in [4.78, 5) is 0. The summed E-state index contributed by atoms with van der Waals surface area (Å²) in [5.41, 5.74) is 0. The molecule has 0 spiro atoms. The second-order valence-electron chi connectivity index (χ2n) is 0.910. The molecule has 3 heteroatoms. The first-order valence-corrected chi connectivity index (χ1v) is 5.20. The van der Waals surface area contributed by atoms with Crippen LogP contribution in [0.3, 0.4) is 0 Å². The molecule has 0 aliphatic heterocycles. The Morgan fingerprint density at radius 2 is 1.57 bits per heavy atom. The van der Waals surface area contributed by atoms with Crippen molar-refractivity contribution in [2.45, 2.75) is 13.8 Å². The molecular formula is C4H10BiO2. The summed E-state index contributed by atoms with van der Waals surface area (Å²) in [6.45, 7) is 5.61. The maximum atomic E-state index is 5.03. The summed E-state index contributed by atoms with van der Waals surface area (Å²) >= 11 is -0.897. The van der Waals surface area contributed by atoms with Crippen LogP contribution in [-0.2, 0) is 5.63 Å². The molecule has 0 aromatic heterocycles. The van der Waals surface area contributed by atoms with E-state index in [0.29, 0.717) is 0 Å². The van der Waals surface area contributed by atoms with Gasteiger partial charge in [0.1, 0.15) is 0 Å². The van der Waals surface area contributed by atoms with Crippen LogP contribution in [0.2, 0.25) is 0 Å². The van der Waals surface area contributed by atoms with Gasteiger partial charge < -0.3 is 0 Å². The summed E-state index contributed by atoms with van der Waals surface area (Å²) in [5, 5.41) is 0. The molecule has 0 aliphatic rings. The van der Waals surface area contributed by atoms with Crippen molar-refractivity contribution >= 4 is 24.1 Å². The van der Waals surface area contributed by atoms with Crippen molar-refractivity contribution < 1.29 is 5.63 Å². The molecule has 0 bridgehead atoms. The van der Waals surface area contributed by atoms with E-state index in [2.05, 4.69) is 0 Å². The molecule has 0 amide bonds. The Morgan fingerprint density at radius 3 is 1.86 bits per heavy atom. The minimum absolute atomic E-state index is 0.816. The van der Waals surface area contributed by atoms with E-state index in [4.69, 9.17) is 5.63 Å². The second-order valence-corrected chi connectivity index (χ2v) is 3.50. The van der Waals surface area contributed by atoms with Crippen LogP contribution in [-0.4, -0.2) is 37.3 Å². The van der Waals surface area contributed by atoms with Gasteiger partial charge in [-0.15, -0.1) is 0 Å². The minimum atomic E-state index is -0.897. The van der Waals surface area contributed by atoms with Gasteiger partial charge in [0.2, 0.25) is 0 Å². The average molecular weight is 299 g/mol. The van der Waals surface area contributed by atoms with Gasteiger partial charge in [-0.05, 0) is 0 Å². The van der Waals surface area contributed by atoms with Crippen molar-refractivity contribution in [1.29, 1.82) is 0 Å². The number of hydrogen-bond acceptors (Lipinski definition) is 2. The van der Waals surface area contributed by atoms with Gasteiger partial charge in [-0.3, -0.25) is 0 Å². The predicted molar refractivity (Wildman–Crippen MR) is 29.0 cm³/mol. The van der Waals surface area contributed by atoms with Crippen LogP contribution in [0.25, 0.3) is 0 Å². The topological polar surface area (TPSA) is 18.5 Å². The molecule has 43 valence electrons. The monoisotopic (exact) mass is 299 g/mol. The van der Waals surface area contributed by atoms with Crippen LogP contribution < -0.4 is 0 Å². The Labute approximate surface area is 57.0 Å². The van der Waals surface area contributed by atoms with Gasteiger partial charge in [-0.2, -0.15) is 0 Å². The molecule has 1 radical (unpaired) electrons. The third kappa shape index (κ3) is 6.80. The average Bonchev–Trinajstić information content (AvgIpc) is 1.69. The zero-order valence-electron chi connectivity index (χ0n) is 4.68. The molecule has 0 fully saturated rings. The third-order valence-electron chi connectivity index (χ3n) is 0.364. The summed E-state index contributed by atoms with van der Waals surface area (Å²) in [5.74, 6) is 0. The molecule has 0 saturated heterocycles. The van der Waals surface area contributed by atoms with Gasteiger partial charge in [-0.25, -0.2) is 0 Å². The Balaban J connectivity index is 2.45. The summed E-state index contributed by atoms with van der Waals surface area (Å²) in [7, 11) is 0. The Morgan fingerprint density at radius 1 is 1.14 bits per heavy atom. The first-order valence-electron chi connectivity index (χ1n) is 2.36. The fourth-order valence-corrected chi connectivity index (χ4v) is 1.25. The molecular weight excluding hydrogens is 289 g/mol. The third-order valence-corrected chi connectivity index (χ3v) is 3.19. The normalized spacial score (nSPS) is 9.43. The van der Waals surface area contributed by atoms with E-state index in [0.717, 1.165) is 13.2 Å². The van der Waals surface area contributed by atoms with Crippen molar-refractivity contribution in [1.82, 2.24) is 0 Å². The van der Waals surface area contributed by atoms with Crippen LogP contribution >= 0.6 is 0 Å². The first kappa shape index (κ1) is 7.80. The molecule has 0 aromatic rings. The number of hydrogen-bond donors (Lipinski definition) is 0. The van der Waals surface area contributed by atoms with Gasteiger partial charge in [0.25, 0.3) is 0 Å². The quantitative estimate of drug-likeness (QED) is 0.559. The molecule has 2 nitrogen and oxygen atoms in total. The molecule has 0 rings (SSSR count). The van der Waals surface area contributed by atoms with Crippen molar-refractivity contribution in [3.63, 3.8) is 0 Å². The van der Waals surface area contributed by atoms with Crippen molar-refractivity contribution in [3.8, 4) is 0 Å².